The molecule has 0 radical (unpaired) electrons. The predicted molar refractivity (Wildman–Crippen MR) is 111 cm³/mol. The minimum atomic E-state index is -0.452. The number of nitrogens with one attached hydrogen (secondary N) is 1. The van der Waals surface area contributed by atoms with E-state index < -0.39 is 6.04 Å². The fraction of sp³-hybridized carbons (Fsp3) is 0.227. The van der Waals surface area contributed by atoms with Crippen LogP contribution in [-0.2, 0) is 22.6 Å². The summed E-state index contributed by atoms with van der Waals surface area (Å²) in [4.78, 5) is 24.9. The predicted octanol–water partition coefficient (Wildman–Crippen LogP) is 2.54. The molecule has 8 heteroatoms. The first-order valence-corrected chi connectivity index (χ1v) is 9.40. The number of hydrogen-bond donors (Lipinski definition) is 3. The third kappa shape index (κ3) is 7.48. The van der Waals surface area contributed by atoms with Gasteiger partial charge in [0.2, 0.25) is 5.91 Å². The van der Waals surface area contributed by atoms with Gasteiger partial charge in [0.15, 0.2) is 0 Å². The van der Waals surface area contributed by atoms with Crippen LogP contribution < -0.4 is 11.1 Å². The van der Waals surface area contributed by atoms with Gasteiger partial charge in [-0.05, 0) is 23.6 Å². The normalized spacial score (nSPS) is 12.2. The smallest absolute Gasteiger partial charge is 0.290 e. The minimum absolute atomic E-state index is 0.127. The summed E-state index contributed by atoms with van der Waals surface area (Å²) in [5.41, 5.74) is 7.61. The van der Waals surface area contributed by atoms with E-state index in [4.69, 9.17) is 15.6 Å². The van der Waals surface area contributed by atoms with Gasteiger partial charge >= 0.3 is 0 Å². The van der Waals surface area contributed by atoms with Crippen LogP contribution in [-0.4, -0.2) is 33.1 Å². The van der Waals surface area contributed by atoms with E-state index in [-0.39, 0.29) is 30.7 Å². The first-order chi connectivity index (χ1) is 14.5. The Morgan fingerprint density at radius 3 is 2.50 bits per heavy atom. The highest BCUT2D eigenvalue weighted by Crippen LogP contribution is 2.16. The van der Waals surface area contributed by atoms with Gasteiger partial charge in [0, 0.05) is 31.4 Å². The lowest BCUT2D eigenvalue weighted by atomic mass is 10.0. The molecule has 1 aromatic heterocycles. The van der Waals surface area contributed by atoms with Crippen molar-refractivity contribution >= 4 is 12.4 Å². The van der Waals surface area contributed by atoms with Crippen molar-refractivity contribution in [3.63, 3.8) is 0 Å². The molecule has 0 aliphatic rings. The van der Waals surface area contributed by atoms with Crippen LogP contribution in [0.5, 0.6) is 0 Å². The molecule has 30 heavy (non-hydrogen) atoms. The maximum Gasteiger partial charge on any atom is 0.290 e. The Morgan fingerprint density at radius 2 is 1.87 bits per heavy atom. The maximum absolute atomic E-state index is 13.8. The van der Waals surface area contributed by atoms with E-state index in [1.807, 2.05) is 41.1 Å². The molecule has 0 saturated heterocycles. The van der Waals surface area contributed by atoms with E-state index in [9.17, 15) is 9.18 Å². The molecule has 0 bridgehead atoms. The standard InChI is InChI=1S/C21H23FN4O.CH2O2/c22-19-9-5-4-8-17(19)12-18(23)13-21(27)25-20(14-26-11-10-24-15-26)16-6-2-1-3-7-16;2-1-3/h1-11,15,18,20H,12-14,23H2,(H,25,27);1H,(H,2,3)/t18-,20?;/m1./s1. The Kier molecular flexibility index (Phi) is 9.20. The first-order valence-electron chi connectivity index (χ1n) is 9.40. The molecule has 0 aliphatic carbocycles. The molecule has 158 valence electrons. The zero-order chi connectivity index (χ0) is 21.8. The Morgan fingerprint density at radius 1 is 1.20 bits per heavy atom. The number of nitrogens with two attached hydrogens (primary N) is 1. The molecule has 0 aliphatic heterocycles. The summed E-state index contributed by atoms with van der Waals surface area (Å²) in [6.07, 6.45) is 5.71. The SMILES string of the molecule is N[C@@H](CC(=O)NC(Cn1ccnc1)c1ccccc1)Cc1ccccc1F.O=CO. The fourth-order valence-corrected chi connectivity index (χ4v) is 3.04. The summed E-state index contributed by atoms with van der Waals surface area (Å²) in [5, 5.41) is 9.93. The second-order valence-electron chi connectivity index (χ2n) is 6.66. The first kappa shape index (κ1) is 22.8. The molecule has 1 amide bonds. The number of hydrogen-bond acceptors (Lipinski definition) is 4. The quantitative estimate of drug-likeness (QED) is 0.493. The topological polar surface area (TPSA) is 110 Å². The van der Waals surface area contributed by atoms with Gasteiger partial charge in [-0.2, -0.15) is 0 Å². The minimum Gasteiger partial charge on any atom is -0.483 e. The van der Waals surface area contributed by atoms with Crippen LogP contribution in [0.3, 0.4) is 0 Å². The second-order valence-corrected chi connectivity index (χ2v) is 6.66. The zero-order valence-corrected chi connectivity index (χ0v) is 16.4. The molecule has 4 N–H and O–H groups in total. The van der Waals surface area contributed by atoms with E-state index in [0.717, 1.165) is 5.56 Å². The molecule has 0 saturated carbocycles. The molecule has 2 aromatic carbocycles. The highest BCUT2D eigenvalue weighted by molar-refractivity contribution is 5.77. The van der Waals surface area contributed by atoms with Crippen LogP contribution in [0, 0.1) is 5.82 Å². The van der Waals surface area contributed by atoms with Crippen LogP contribution in [0.1, 0.15) is 23.6 Å². The molecule has 3 aromatic rings. The van der Waals surface area contributed by atoms with Gasteiger partial charge in [0.1, 0.15) is 5.82 Å². The van der Waals surface area contributed by atoms with Gasteiger partial charge < -0.3 is 20.7 Å². The Bertz CT molecular complexity index is 904. The van der Waals surface area contributed by atoms with Crippen molar-refractivity contribution < 1.29 is 19.1 Å². The summed E-state index contributed by atoms with van der Waals surface area (Å²) in [5.74, 6) is -0.455. The summed E-state index contributed by atoms with van der Waals surface area (Å²) in [6, 6.07) is 15.6. The number of nitrogens with zero attached hydrogens (tertiary/aromatic N) is 2. The number of benzene rings is 2. The molecule has 7 nitrogen and oxygen atoms in total. The third-order valence-corrected chi connectivity index (χ3v) is 4.38. The number of carboxylic acid groups (broad SMARTS) is 1. The Labute approximate surface area is 174 Å². The largest absolute Gasteiger partial charge is 0.483 e. The van der Waals surface area contributed by atoms with Gasteiger partial charge in [-0.1, -0.05) is 48.5 Å². The highest BCUT2D eigenvalue weighted by atomic mass is 19.1. The number of aromatic nitrogens is 2. The fourth-order valence-electron chi connectivity index (χ4n) is 3.04. The van der Waals surface area contributed by atoms with Gasteiger partial charge in [0.05, 0.1) is 12.4 Å². The molecule has 0 spiro atoms. The molecular weight excluding hydrogens is 387 g/mol. The third-order valence-electron chi connectivity index (χ3n) is 4.38. The number of halogens is 1. The lowest BCUT2D eigenvalue weighted by molar-refractivity contribution is -0.123. The molecular formula is C22H25FN4O3. The highest BCUT2D eigenvalue weighted by Gasteiger charge is 2.18. The Balaban J connectivity index is 0.00000101. The molecule has 2 atom stereocenters. The average molecular weight is 412 g/mol. The number of amides is 1. The van der Waals surface area contributed by atoms with Crippen molar-refractivity contribution in [3.8, 4) is 0 Å². The zero-order valence-electron chi connectivity index (χ0n) is 16.4. The van der Waals surface area contributed by atoms with Crippen molar-refractivity contribution in [3.05, 3.63) is 90.3 Å². The van der Waals surface area contributed by atoms with E-state index >= 15 is 0 Å². The van der Waals surface area contributed by atoms with Crippen LogP contribution >= 0.6 is 0 Å². The van der Waals surface area contributed by atoms with E-state index in [1.54, 1.807) is 30.7 Å². The van der Waals surface area contributed by atoms with Crippen LogP contribution in [0.25, 0.3) is 0 Å². The maximum atomic E-state index is 13.8. The molecule has 0 fully saturated rings. The van der Waals surface area contributed by atoms with E-state index in [2.05, 4.69) is 10.3 Å². The number of carbonyl (C=O) groups is 2. The Hall–Kier alpha value is -3.52. The van der Waals surface area contributed by atoms with Gasteiger partial charge in [-0.3, -0.25) is 9.59 Å². The summed E-state index contributed by atoms with van der Waals surface area (Å²) >= 11 is 0. The van der Waals surface area contributed by atoms with Crippen LogP contribution in [0.2, 0.25) is 0 Å². The van der Waals surface area contributed by atoms with E-state index in [0.29, 0.717) is 18.5 Å². The lowest BCUT2D eigenvalue weighted by Crippen LogP contribution is -2.36. The van der Waals surface area contributed by atoms with Gasteiger partial charge in [-0.15, -0.1) is 0 Å². The molecule has 1 heterocycles. The number of carbonyl (C=O) groups excluding carboxylic acids is 1. The van der Waals surface area contributed by atoms with Crippen molar-refractivity contribution in [2.45, 2.75) is 31.5 Å². The van der Waals surface area contributed by atoms with Crippen molar-refractivity contribution in [1.82, 2.24) is 14.9 Å². The average Bonchev–Trinajstić information content (AvgIpc) is 3.23. The monoisotopic (exact) mass is 412 g/mol. The second kappa shape index (κ2) is 12.1. The van der Waals surface area contributed by atoms with Crippen molar-refractivity contribution in [2.75, 3.05) is 0 Å². The van der Waals surface area contributed by atoms with Crippen molar-refractivity contribution in [2.24, 2.45) is 5.73 Å². The molecule has 3 rings (SSSR count). The van der Waals surface area contributed by atoms with Gasteiger partial charge in [0.25, 0.3) is 6.47 Å². The van der Waals surface area contributed by atoms with E-state index in [1.165, 1.54) is 6.07 Å². The number of rotatable bonds is 8. The summed E-state index contributed by atoms with van der Waals surface area (Å²) < 4.78 is 15.7. The van der Waals surface area contributed by atoms with Crippen LogP contribution in [0.15, 0.2) is 73.3 Å². The molecule has 1 unspecified atom stereocenters. The van der Waals surface area contributed by atoms with Crippen LogP contribution in [0.4, 0.5) is 4.39 Å². The van der Waals surface area contributed by atoms with Gasteiger partial charge in [-0.25, -0.2) is 9.37 Å². The summed E-state index contributed by atoms with van der Waals surface area (Å²) in [6.45, 7) is 0.318. The van der Waals surface area contributed by atoms with Crippen molar-refractivity contribution in [1.29, 1.82) is 0 Å². The lowest BCUT2D eigenvalue weighted by Gasteiger charge is -2.21. The summed E-state index contributed by atoms with van der Waals surface area (Å²) in [7, 11) is 0. The number of imidazole rings is 1.